The standard InChI is InChI=1S/C26H25N3O3S/c1-2-14-29-21-13-12-19(16-23(21)33-22-11-7-6-10-20(22)26(29)32)28-25(31)17-27-24(30)15-18-8-4-3-5-9-18/h3-13,16H,2,14-15,17H2,1H3,(H,27,30)(H,28,31). The molecule has 0 spiro atoms. The molecule has 168 valence electrons. The van der Waals surface area contributed by atoms with Gasteiger partial charge in [0.15, 0.2) is 0 Å². The summed E-state index contributed by atoms with van der Waals surface area (Å²) in [5.41, 5.74) is 3.02. The smallest absolute Gasteiger partial charge is 0.259 e. The van der Waals surface area contributed by atoms with Crippen LogP contribution in [0, 0.1) is 0 Å². The average Bonchev–Trinajstić information content (AvgIpc) is 2.93. The van der Waals surface area contributed by atoms with Crippen molar-refractivity contribution in [3.05, 3.63) is 83.9 Å². The Hall–Kier alpha value is -3.58. The third-order valence-electron chi connectivity index (χ3n) is 5.22. The summed E-state index contributed by atoms with van der Waals surface area (Å²) in [5.74, 6) is -0.535. The van der Waals surface area contributed by atoms with E-state index < -0.39 is 0 Å². The van der Waals surface area contributed by atoms with E-state index in [1.54, 1.807) is 11.0 Å². The molecule has 0 fully saturated rings. The molecular formula is C26H25N3O3S. The van der Waals surface area contributed by atoms with Crippen LogP contribution in [0.2, 0.25) is 0 Å². The molecule has 0 radical (unpaired) electrons. The second kappa shape index (κ2) is 10.4. The van der Waals surface area contributed by atoms with Crippen LogP contribution < -0.4 is 15.5 Å². The predicted molar refractivity (Wildman–Crippen MR) is 131 cm³/mol. The van der Waals surface area contributed by atoms with E-state index in [-0.39, 0.29) is 30.7 Å². The third-order valence-corrected chi connectivity index (χ3v) is 6.34. The van der Waals surface area contributed by atoms with Gasteiger partial charge in [-0.1, -0.05) is 61.2 Å². The topological polar surface area (TPSA) is 78.5 Å². The molecule has 33 heavy (non-hydrogen) atoms. The van der Waals surface area contributed by atoms with E-state index in [2.05, 4.69) is 10.6 Å². The molecule has 1 heterocycles. The lowest BCUT2D eigenvalue weighted by Gasteiger charge is -2.22. The van der Waals surface area contributed by atoms with E-state index in [0.717, 1.165) is 27.5 Å². The number of rotatable bonds is 7. The molecular weight excluding hydrogens is 434 g/mol. The highest BCUT2D eigenvalue weighted by Crippen LogP contribution is 2.42. The molecule has 0 saturated carbocycles. The summed E-state index contributed by atoms with van der Waals surface area (Å²) in [6.07, 6.45) is 1.06. The van der Waals surface area contributed by atoms with Gasteiger partial charge in [-0.3, -0.25) is 14.4 Å². The Kier molecular flexibility index (Phi) is 7.10. The van der Waals surface area contributed by atoms with Gasteiger partial charge in [0.05, 0.1) is 24.2 Å². The summed E-state index contributed by atoms with van der Waals surface area (Å²) in [7, 11) is 0. The van der Waals surface area contributed by atoms with Crippen LogP contribution in [0.25, 0.3) is 0 Å². The zero-order chi connectivity index (χ0) is 23.2. The summed E-state index contributed by atoms with van der Waals surface area (Å²) in [4.78, 5) is 41.3. The van der Waals surface area contributed by atoms with Crippen molar-refractivity contribution in [2.75, 3.05) is 23.3 Å². The fourth-order valence-electron chi connectivity index (χ4n) is 3.68. The van der Waals surface area contributed by atoms with Crippen LogP contribution in [0.5, 0.6) is 0 Å². The summed E-state index contributed by atoms with van der Waals surface area (Å²) in [5, 5.41) is 5.50. The normalized spacial score (nSPS) is 12.4. The molecule has 1 aliphatic heterocycles. The van der Waals surface area contributed by atoms with Gasteiger partial charge in [0.25, 0.3) is 5.91 Å². The van der Waals surface area contributed by atoms with Gasteiger partial charge in [0.2, 0.25) is 11.8 Å². The van der Waals surface area contributed by atoms with Crippen molar-refractivity contribution in [1.29, 1.82) is 0 Å². The number of amides is 3. The van der Waals surface area contributed by atoms with Crippen molar-refractivity contribution in [3.63, 3.8) is 0 Å². The average molecular weight is 460 g/mol. The van der Waals surface area contributed by atoms with Crippen LogP contribution in [0.1, 0.15) is 29.3 Å². The number of hydrogen-bond acceptors (Lipinski definition) is 4. The van der Waals surface area contributed by atoms with Gasteiger partial charge in [-0.25, -0.2) is 0 Å². The number of carbonyl (C=O) groups excluding carboxylic acids is 3. The maximum absolute atomic E-state index is 13.1. The Morgan fingerprint density at radius 1 is 0.909 bits per heavy atom. The first-order chi connectivity index (χ1) is 16.0. The lowest BCUT2D eigenvalue weighted by molar-refractivity contribution is -0.123. The summed E-state index contributed by atoms with van der Waals surface area (Å²) in [6.45, 7) is 2.54. The molecule has 0 saturated heterocycles. The van der Waals surface area contributed by atoms with E-state index in [0.29, 0.717) is 17.8 Å². The lowest BCUT2D eigenvalue weighted by atomic mass is 10.1. The zero-order valence-electron chi connectivity index (χ0n) is 18.3. The second-order valence-corrected chi connectivity index (χ2v) is 8.81. The van der Waals surface area contributed by atoms with Gasteiger partial charge in [-0.05, 0) is 42.3 Å². The van der Waals surface area contributed by atoms with Crippen LogP contribution in [-0.4, -0.2) is 30.8 Å². The van der Waals surface area contributed by atoms with Crippen LogP contribution in [0.3, 0.4) is 0 Å². The van der Waals surface area contributed by atoms with Gasteiger partial charge in [-0.15, -0.1) is 0 Å². The first kappa shape index (κ1) is 22.6. The number of nitrogens with one attached hydrogen (secondary N) is 2. The minimum absolute atomic E-state index is 0.0170. The Labute approximate surface area is 197 Å². The van der Waals surface area contributed by atoms with E-state index in [1.807, 2.05) is 73.7 Å². The van der Waals surface area contributed by atoms with Crippen molar-refractivity contribution in [1.82, 2.24) is 5.32 Å². The van der Waals surface area contributed by atoms with Crippen molar-refractivity contribution < 1.29 is 14.4 Å². The molecule has 4 rings (SSSR count). The minimum atomic E-state index is -0.308. The van der Waals surface area contributed by atoms with Gasteiger partial charge in [-0.2, -0.15) is 0 Å². The summed E-state index contributed by atoms with van der Waals surface area (Å²) < 4.78 is 0. The molecule has 0 unspecified atom stereocenters. The van der Waals surface area contributed by atoms with Gasteiger partial charge in [0.1, 0.15) is 0 Å². The number of benzene rings is 3. The SMILES string of the molecule is CCCN1C(=O)c2ccccc2Sc2cc(NC(=O)CNC(=O)Cc3ccccc3)ccc21. The molecule has 3 aromatic carbocycles. The maximum atomic E-state index is 13.1. The van der Waals surface area contributed by atoms with E-state index in [9.17, 15) is 14.4 Å². The van der Waals surface area contributed by atoms with Gasteiger partial charge < -0.3 is 15.5 Å². The number of nitrogens with zero attached hydrogens (tertiary/aromatic N) is 1. The minimum Gasteiger partial charge on any atom is -0.347 e. The third kappa shape index (κ3) is 5.43. The first-order valence-corrected chi connectivity index (χ1v) is 11.7. The number of fused-ring (bicyclic) bond motifs is 2. The van der Waals surface area contributed by atoms with Crippen LogP contribution in [-0.2, 0) is 16.0 Å². The Morgan fingerprint density at radius 2 is 1.67 bits per heavy atom. The zero-order valence-corrected chi connectivity index (χ0v) is 19.2. The van der Waals surface area contributed by atoms with Crippen molar-refractivity contribution in [3.8, 4) is 0 Å². The highest BCUT2D eigenvalue weighted by molar-refractivity contribution is 7.99. The summed E-state index contributed by atoms with van der Waals surface area (Å²) >= 11 is 1.51. The first-order valence-electron chi connectivity index (χ1n) is 10.9. The van der Waals surface area contributed by atoms with Gasteiger partial charge in [0, 0.05) is 22.0 Å². The highest BCUT2D eigenvalue weighted by atomic mass is 32.2. The Bertz CT molecular complexity index is 1180. The molecule has 0 bridgehead atoms. The molecule has 0 aliphatic carbocycles. The molecule has 1 aliphatic rings. The van der Waals surface area contributed by atoms with E-state index in [1.165, 1.54) is 11.8 Å². The number of anilines is 2. The van der Waals surface area contributed by atoms with E-state index in [4.69, 9.17) is 0 Å². The quantitative estimate of drug-likeness (QED) is 0.545. The Balaban J connectivity index is 1.45. The fourth-order valence-corrected chi connectivity index (χ4v) is 4.79. The fraction of sp³-hybridized carbons (Fsp3) is 0.192. The molecule has 0 aromatic heterocycles. The van der Waals surface area contributed by atoms with Gasteiger partial charge >= 0.3 is 0 Å². The number of carbonyl (C=O) groups is 3. The van der Waals surface area contributed by atoms with Crippen molar-refractivity contribution in [2.45, 2.75) is 29.6 Å². The molecule has 3 amide bonds. The summed E-state index contributed by atoms with van der Waals surface area (Å²) in [6, 6.07) is 22.5. The molecule has 3 aromatic rings. The van der Waals surface area contributed by atoms with Crippen LogP contribution in [0.4, 0.5) is 11.4 Å². The van der Waals surface area contributed by atoms with E-state index >= 15 is 0 Å². The highest BCUT2D eigenvalue weighted by Gasteiger charge is 2.26. The maximum Gasteiger partial charge on any atom is 0.259 e. The second-order valence-electron chi connectivity index (χ2n) is 7.72. The Morgan fingerprint density at radius 3 is 2.45 bits per heavy atom. The lowest BCUT2D eigenvalue weighted by Crippen LogP contribution is -2.34. The molecule has 6 nitrogen and oxygen atoms in total. The molecule has 7 heteroatoms. The van der Waals surface area contributed by atoms with Crippen LogP contribution >= 0.6 is 11.8 Å². The number of hydrogen-bond donors (Lipinski definition) is 2. The largest absolute Gasteiger partial charge is 0.347 e. The van der Waals surface area contributed by atoms with Crippen molar-refractivity contribution in [2.24, 2.45) is 0 Å². The molecule has 0 atom stereocenters. The monoisotopic (exact) mass is 459 g/mol. The van der Waals surface area contributed by atoms with Crippen molar-refractivity contribution >= 4 is 40.9 Å². The molecule has 2 N–H and O–H groups in total. The predicted octanol–water partition coefficient (Wildman–Crippen LogP) is 4.51. The van der Waals surface area contributed by atoms with Crippen LogP contribution in [0.15, 0.2) is 82.6 Å².